The van der Waals surface area contributed by atoms with Crippen molar-refractivity contribution in [3.05, 3.63) is 65.4 Å². The van der Waals surface area contributed by atoms with Gasteiger partial charge in [0.1, 0.15) is 5.82 Å². The summed E-state index contributed by atoms with van der Waals surface area (Å²) in [6, 6.07) is 9.28. The molecule has 0 fully saturated rings. The van der Waals surface area contributed by atoms with Crippen molar-refractivity contribution in [2.75, 3.05) is 0 Å². The molecule has 3 aromatic rings. The van der Waals surface area contributed by atoms with Crippen LogP contribution in [0.2, 0.25) is 0 Å². The highest BCUT2D eigenvalue weighted by atomic mass is 19.1. The Morgan fingerprint density at radius 1 is 1.30 bits per heavy atom. The third-order valence-corrected chi connectivity index (χ3v) is 2.87. The number of aromatic nitrogens is 3. The van der Waals surface area contributed by atoms with Crippen molar-refractivity contribution in [2.24, 2.45) is 0 Å². The van der Waals surface area contributed by atoms with Gasteiger partial charge >= 0.3 is 5.97 Å². The Balaban J connectivity index is 1.95. The van der Waals surface area contributed by atoms with Crippen molar-refractivity contribution in [1.29, 1.82) is 0 Å². The van der Waals surface area contributed by atoms with Crippen LogP contribution in [-0.4, -0.2) is 25.7 Å². The Kier molecular flexibility index (Phi) is 2.90. The van der Waals surface area contributed by atoms with Crippen LogP contribution in [0.15, 0.2) is 42.6 Å². The zero-order valence-electron chi connectivity index (χ0n) is 10.3. The van der Waals surface area contributed by atoms with E-state index in [0.29, 0.717) is 17.9 Å². The molecule has 0 aliphatic rings. The average Bonchev–Trinajstić information content (AvgIpc) is 2.79. The number of halogens is 1. The summed E-state index contributed by atoms with van der Waals surface area (Å²) in [5.74, 6) is -0.813. The van der Waals surface area contributed by atoms with Crippen LogP contribution < -0.4 is 0 Å². The smallest absolute Gasteiger partial charge is 0.337 e. The third-order valence-electron chi connectivity index (χ3n) is 2.87. The third kappa shape index (κ3) is 2.35. The van der Waals surface area contributed by atoms with E-state index in [2.05, 4.69) is 10.1 Å². The Hall–Kier alpha value is -2.76. The minimum absolute atomic E-state index is 0.139. The lowest BCUT2D eigenvalue weighted by Gasteiger charge is -1.96. The highest BCUT2D eigenvalue weighted by molar-refractivity contribution is 5.87. The van der Waals surface area contributed by atoms with Gasteiger partial charge in [-0.05, 0) is 29.8 Å². The van der Waals surface area contributed by atoms with E-state index in [4.69, 9.17) is 5.11 Å². The van der Waals surface area contributed by atoms with Crippen molar-refractivity contribution in [3.8, 4) is 0 Å². The Morgan fingerprint density at radius 2 is 2.15 bits per heavy atom. The molecule has 1 N–H and O–H groups in total. The number of carboxylic acid groups (broad SMARTS) is 1. The molecule has 2 heterocycles. The molecule has 0 aliphatic heterocycles. The summed E-state index contributed by atoms with van der Waals surface area (Å²) in [6.45, 7) is 0. The monoisotopic (exact) mass is 271 g/mol. The van der Waals surface area contributed by atoms with E-state index in [1.165, 1.54) is 28.9 Å². The maximum absolute atomic E-state index is 13.1. The fourth-order valence-corrected chi connectivity index (χ4v) is 1.96. The van der Waals surface area contributed by atoms with Gasteiger partial charge in [0.15, 0.2) is 11.5 Å². The van der Waals surface area contributed by atoms with E-state index in [1.54, 1.807) is 18.2 Å². The SMILES string of the molecule is O=C(O)c1ccc2nc(Cc3cccc(F)c3)nn2c1. The summed E-state index contributed by atoms with van der Waals surface area (Å²) in [4.78, 5) is 15.2. The van der Waals surface area contributed by atoms with Crippen LogP contribution in [-0.2, 0) is 6.42 Å². The molecule has 0 bridgehead atoms. The second kappa shape index (κ2) is 4.73. The predicted octanol–water partition coefficient (Wildman–Crippen LogP) is 2.16. The molecule has 0 amide bonds. The molecule has 3 rings (SSSR count). The minimum atomic E-state index is -1.02. The van der Waals surface area contributed by atoms with Gasteiger partial charge in [-0.15, -0.1) is 0 Å². The zero-order valence-corrected chi connectivity index (χ0v) is 10.3. The average molecular weight is 271 g/mol. The predicted molar refractivity (Wildman–Crippen MR) is 69.2 cm³/mol. The number of rotatable bonds is 3. The first-order valence-corrected chi connectivity index (χ1v) is 5.95. The largest absolute Gasteiger partial charge is 0.478 e. The number of hydrogen-bond acceptors (Lipinski definition) is 3. The van der Waals surface area contributed by atoms with E-state index in [9.17, 15) is 9.18 Å². The van der Waals surface area contributed by atoms with Gasteiger partial charge in [-0.2, -0.15) is 5.10 Å². The van der Waals surface area contributed by atoms with Crippen LogP contribution in [0.3, 0.4) is 0 Å². The van der Waals surface area contributed by atoms with Crippen molar-refractivity contribution in [1.82, 2.24) is 14.6 Å². The summed E-state index contributed by atoms with van der Waals surface area (Å²) in [5, 5.41) is 13.1. The number of carbonyl (C=O) groups is 1. The molecule has 2 aromatic heterocycles. The van der Waals surface area contributed by atoms with E-state index >= 15 is 0 Å². The molecule has 0 atom stereocenters. The number of aromatic carboxylic acids is 1. The topological polar surface area (TPSA) is 67.5 Å². The lowest BCUT2D eigenvalue weighted by atomic mass is 10.1. The normalized spacial score (nSPS) is 10.8. The molecule has 20 heavy (non-hydrogen) atoms. The van der Waals surface area contributed by atoms with Crippen molar-refractivity contribution < 1.29 is 14.3 Å². The molecule has 0 saturated carbocycles. The van der Waals surface area contributed by atoms with Crippen LogP contribution in [0.1, 0.15) is 21.7 Å². The van der Waals surface area contributed by atoms with Crippen LogP contribution >= 0.6 is 0 Å². The molecule has 0 saturated heterocycles. The van der Waals surface area contributed by atoms with Crippen LogP contribution in [0.25, 0.3) is 5.65 Å². The number of hydrogen-bond donors (Lipinski definition) is 1. The summed E-state index contributed by atoms with van der Waals surface area (Å²) >= 11 is 0. The molecule has 0 spiro atoms. The van der Waals surface area contributed by atoms with Crippen LogP contribution in [0, 0.1) is 5.82 Å². The number of carboxylic acids is 1. The Bertz CT molecular complexity index is 798. The number of fused-ring (bicyclic) bond motifs is 1. The van der Waals surface area contributed by atoms with Gasteiger partial charge in [0.05, 0.1) is 5.56 Å². The molecule has 1 aromatic carbocycles. The van der Waals surface area contributed by atoms with Gasteiger partial charge in [0.25, 0.3) is 0 Å². The second-order valence-corrected chi connectivity index (χ2v) is 4.36. The lowest BCUT2D eigenvalue weighted by Crippen LogP contribution is -1.99. The Morgan fingerprint density at radius 3 is 2.90 bits per heavy atom. The summed E-state index contributed by atoms with van der Waals surface area (Å²) in [7, 11) is 0. The molecular formula is C14H10FN3O2. The van der Waals surface area contributed by atoms with Gasteiger partial charge in [-0.1, -0.05) is 12.1 Å². The number of pyridine rings is 1. The van der Waals surface area contributed by atoms with Crippen molar-refractivity contribution in [3.63, 3.8) is 0 Å². The number of benzene rings is 1. The molecule has 5 nitrogen and oxygen atoms in total. The van der Waals surface area contributed by atoms with Crippen LogP contribution in [0.5, 0.6) is 0 Å². The fourth-order valence-electron chi connectivity index (χ4n) is 1.96. The molecule has 0 aliphatic carbocycles. The first-order chi connectivity index (χ1) is 9.61. The van der Waals surface area contributed by atoms with Gasteiger partial charge in [-0.3, -0.25) is 0 Å². The molecule has 6 heteroatoms. The zero-order chi connectivity index (χ0) is 14.1. The number of nitrogens with zero attached hydrogens (tertiary/aromatic N) is 3. The standard InChI is InChI=1S/C14H10FN3O2/c15-11-3-1-2-9(6-11)7-12-16-13-5-4-10(14(19)20)8-18(13)17-12/h1-6,8H,7H2,(H,19,20). The lowest BCUT2D eigenvalue weighted by molar-refractivity contribution is 0.0696. The van der Waals surface area contributed by atoms with Crippen molar-refractivity contribution in [2.45, 2.75) is 6.42 Å². The summed E-state index contributed by atoms with van der Waals surface area (Å²) in [6.07, 6.45) is 1.79. The van der Waals surface area contributed by atoms with Gasteiger partial charge in [0.2, 0.25) is 0 Å². The highest BCUT2D eigenvalue weighted by Crippen LogP contribution is 2.10. The molecule has 0 unspecified atom stereocenters. The van der Waals surface area contributed by atoms with E-state index in [1.807, 2.05) is 0 Å². The molecule has 0 radical (unpaired) electrons. The molecular weight excluding hydrogens is 261 g/mol. The summed E-state index contributed by atoms with van der Waals surface area (Å²) in [5.41, 5.74) is 1.46. The van der Waals surface area contributed by atoms with Gasteiger partial charge in [-0.25, -0.2) is 18.7 Å². The maximum atomic E-state index is 13.1. The van der Waals surface area contributed by atoms with E-state index in [-0.39, 0.29) is 11.4 Å². The van der Waals surface area contributed by atoms with Gasteiger partial charge in [0, 0.05) is 12.6 Å². The van der Waals surface area contributed by atoms with E-state index in [0.717, 1.165) is 5.56 Å². The van der Waals surface area contributed by atoms with Crippen molar-refractivity contribution >= 4 is 11.6 Å². The first kappa shape index (κ1) is 12.3. The highest BCUT2D eigenvalue weighted by Gasteiger charge is 2.08. The fraction of sp³-hybridized carbons (Fsp3) is 0.0714. The Labute approximate surface area is 113 Å². The molecule has 100 valence electrons. The first-order valence-electron chi connectivity index (χ1n) is 5.95. The quantitative estimate of drug-likeness (QED) is 0.792. The minimum Gasteiger partial charge on any atom is -0.478 e. The second-order valence-electron chi connectivity index (χ2n) is 4.36. The van der Waals surface area contributed by atoms with Crippen LogP contribution in [0.4, 0.5) is 4.39 Å². The maximum Gasteiger partial charge on any atom is 0.337 e. The van der Waals surface area contributed by atoms with E-state index < -0.39 is 5.97 Å². The summed E-state index contributed by atoms with van der Waals surface area (Å²) < 4.78 is 14.5. The van der Waals surface area contributed by atoms with Gasteiger partial charge < -0.3 is 5.11 Å².